The topological polar surface area (TPSA) is 44.5 Å². The Morgan fingerprint density at radius 2 is 1.95 bits per heavy atom. The molecule has 1 aromatic rings. The third-order valence-electron chi connectivity index (χ3n) is 2.87. The number of hydrogen-bond acceptors (Lipinski definition) is 3. The van der Waals surface area contributed by atoms with E-state index in [-0.39, 0.29) is 18.4 Å². The van der Waals surface area contributed by atoms with Gasteiger partial charge >= 0.3 is 0 Å². The highest BCUT2D eigenvalue weighted by Crippen LogP contribution is 2.22. The first-order chi connectivity index (χ1) is 9.17. The van der Waals surface area contributed by atoms with Crippen molar-refractivity contribution in [3.05, 3.63) is 29.3 Å². The maximum atomic E-state index is 5.91. The van der Waals surface area contributed by atoms with E-state index >= 15 is 0 Å². The summed E-state index contributed by atoms with van der Waals surface area (Å²) < 4.78 is 11.2. The molecule has 116 valence electrons. The molecular weight excluding hydrogens is 274 g/mol. The van der Waals surface area contributed by atoms with Crippen molar-refractivity contribution in [2.45, 2.75) is 46.1 Å². The van der Waals surface area contributed by atoms with Gasteiger partial charge in [0, 0.05) is 12.6 Å². The molecule has 3 nitrogen and oxygen atoms in total. The van der Waals surface area contributed by atoms with E-state index in [0.717, 1.165) is 44.8 Å². The second-order valence-electron chi connectivity index (χ2n) is 4.92. The number of halogens is 1. The van der Waals surface area contributed by atoms with Crippen molar-refractivity contribution < 1.29 is 9.47 Å². The third kappa shape index (κ3) is 7.13. The van der Waals surface area contributed by atoms with Crippen molar-refractivity contribution in [2.24, 2.45) is 5.73 Å². The van der Waals surface area contributed by atoms with E-state index < -0.39 is 0 Å². The molecule has 0 saturated carbocycles. The van der Waals surface area contributed by atoms with Gasteiger partial charge in [-0.1, -0.05) is 19.1 Å². The highest BCUT2D eigenvalue weighted by atomic mass is 35.5. The zero-order valence-corrected chi connectivity index (χ0v) is 13.7. The van der Waals surface area contributed by atoms with Gasteiger partial charge in [-0.3, -0.25) is 0 Å². The second-order valence-corrected chi connectivity index (χ2v) is 4.92. The molecule has 0 bridgehead atoms. The van der Waals surface area contributed by atoms with E-state index in [2.05, 4.69) is 25.1 Å². The van der Waals surface area contributed by atoms with Gasteiger partial charge in [0.15, 0.2) is 0 Å². The molecule has 0 amide bonds. The molecule has 20 heavy (non-hydrogen) atoms. The van der Waals surface area contributed by atoms with E-state index in [9.17, 15) is 0 Å². The average Bonchev–Trinajstić information content (AvgIpc) is 2.37. The van der Waals surface area contributed by atoms with Crippen LogP contribution < -0.4 is 10.5 Å². The lowest BCUT2D eigenvalue weighted by Gasteiger charge is -2.14. The van der Waals surface area contributed by atoms with Gasteiger partial charge in [-0.2, -0.15) is 0 Å². The van der Waals surface area contributed by atoms with Gasteiger partial charge in [-0.25, -0.2) is 0 Å². The molecule has 0 saturated heterocycles. The van der Waals surface area contributed by atoms with Crippen LogP contribution >= 0.6 is 12.4 Å². The first-order valence-corrected chi connectivity index (χ1v) is 7.25. The highest BCUT2D eigenvalue weighted by Gasteiger charge is 2.07. The molecule has 0 radical (unpaired) electrons. The largest absolute Gasteiger partial charge is 0.493 e. The van der Waals surface area contributed by atoms with E-state index in [1.165, 1.54) is 11.1 Å². The quantitative estimate of drug-likeness (QED) is 0.711. The van der Waals surface area contributed by atoms with E-state index in [4.69, 9.17) is 15.2 Å². The van der Waals surface area contributed by atoms with Gasteiger partial charge in [0.1, 0.15) is 5.75 Å². The molecule has 1 atom stereocenters. The van der Waals surface area contributed by atoms with Crippen LogP contribution in [0.2, 0.25) is 0 Å². The van der Waals surface area contributed by atoms with Gasteiger partial charge in [-0.05, 0) is 50.3 Å². The number of hydrogen-bond donors (Lipinski definition) is 1. The minimum absolute atomic E-state index is 0. The minimum atomic E-state index is 0. The predicted octanol–water partition coefficient (Wildman–Crippen LogP) is 3.37. The van der Waals surface area contributed by atoms with Gasteiger partial charge in [0.2, 0.25) is 0 Å². The molecule has 0 aliphatic carbocycles. The fourth-order valence-electron chi connectivity index (χ4n) is 1.98. The predicted molar refractivity (Wildman–Crippen MR) is 87.0 cm³/mol. The Hall–Kier alpha value is -0.770. The van der Waals surface area contributed by atoms with Crippen LogP contribution in [-0.2, 0) is 17.6 Å². The fraction of sp³-hybridized carbons (Fsp3) is 0.625. The molecule has 1 aromatic carbocycles. The SMILES string of the molecule is CCCOc1ccc(CCOCC)cc1CC(C)N.Cl. The molecule has 0 fully saturated rings. The summed E-state index contributed by atoms with van der Waals surface area (Å²) in [5, 5.41) is 0. The molecular formula is C16H28ClNO2. The van der Waals surface area contributed by atoms with Gasteiger partial charge < -0.3 is 15.2 Å². The van der Waals surface area contributed by atoms with Crippen LogP contribution in [0, 0.1) is 0 Å². The third-order valence-corrected chi connectivity index (χ3v) is 2.87. The summed E-state index contributed by atoms with van der Waals surface area (Å²) >= 11 is 0. The summed E-state index contributed by atoms with van der Waals surface area (Å²) in [5.74, 6) is 0.972. The highest BCUT2D eigenvalue weighted by molar-refractivity contribution is 5.85. The summed E-state index contributed by atoms with van der Waals surface area (Å²) in [7, 11) is 0. The van der Waals surface area contributed by atoms with Crippen LogP contribution in [0.3, 0.4) is 0 Å². The summed E-state index contributed by atoms with van der Waals surface area (Å²) in [4.78, 5) is 0. The molecule has 4 heteroatoms. The summed E-state index contributed by atoms with van der Waals surface area (Å²) in [5.41, 5.74) is 8.40. The number of ether oxygens (including phenoxy) is 2. The molecule has 0 aliphatic heterocycles. The van der Waals surface area contributed by atoms with Gasteiger partial charge in [0.25, 0.3) is 0 Å². The van der Waals surface area contributed by atoms with Gasteiger partial charge in [0.05, 0.1) is 13.2 Å². The normalized spacial score (nSPS) is 11.8. The fourth-order valence-corrected chi connectivity index (χ4v) is 1.98. The van der Waals surface area contributed by atoms with Crippen LogP contribution in [0.4, 0.5) is 0 Å². The van der Waals surface area contributed by atoms with Crippen LogP contribution in [-0.4, -0.2) is 25.9 Å². The second kappa shape index (κ2) is 11.0. The number of rotatable bonds is 9. The molecule has 0 heterocycles. The van der Waals surface area contributed by atoms with E-state index in [0.29, 0.717) is 0 Å². The van der Waals surface area contributed by atoms with E-state index in [1.54, 1.807) is 0 Å². The number of benzene rings is 1. The van der Waals surface area contributed by atoms with Gasteiger partial charge in [-0.15, -0.1) is 12.4 Å². The molecule has 0 spiro atoms. The molecule has 1 rings (SSSR count). The molecule has 0 aromatic heterocycles. The molecule has 2 N–H and O–H groups in total. The Labute approximate surface area is 129 Å². The Morgan fingerprint density at radius 3 is 2.55 bits per heavy atom. The lowest BCUT2D eigenvalue weighted by Crippen LogP contribution is -2.18. The average molecular weight is 302 g/mol. The Balaban J connectivity index is 0.00000361. The van der Waals surface area contributed by atoms with Crippen LogP contribution in [0.1, 0.15) is 38.3 Å². The Morgan fingerprint density at radius 1 is 1.20 bits per heavy atom. The number of nitrogens with two attached hydrogens (primary N) is 1. The van der Waals surface area contributed by atoms with Crippen LogP contribution in [0.5, 0.6) is 5.75 Å². The maximum absolute atomic E-state index is 5.91. The Bertz CT molecular complexity index is 369. The minimum Gasteiger partial charge on any atom is -0.493 e. The first-order valence-electron chi connectivity index (χ1n) is 7.25. The lowest BCUT2D eigenvalue weighted by molar-refractivity contribution is 0.151. The van der Waals surface area contributed by atoms with Crippen molar-refractivity contribution in [1.29, 1.82) is 0 Å². The van der Waals surface area contributed by atoms with Crippen molar-refractivity contribution >= 4 is 12.4 Å². The van der Waals surface area contributed by atoms with Crippen molar-refractivity contribution in [3.63, 3.8) is 0 Å². The van der Waals surface area contributed by atoms with Crippen molar-refractivity contribution in [1.82, 2.24) is 0 Å². The molecule has 1 unspecified atom stereocenters. The van der Waals surface area contributed by atoms with Crippen molar-refractivity contribution in [2.75, 3.05) is 19.8 Å². The Kier molecular flexibility index (Phi) is 10.5. The maximum Gasteiger partial charge on any atom is 0.122 e. The summed E-state index contributed by atoms with van der Waals surface area (Å²) in [6.45, 7) is 8.44. The van der Waals surface area contributed by atoms with E-state index in [1.807, 2.05) is 13.8 Å². The lowest BCUT2D eigenvalue weighted by atomic mass is 10.0. The van der Waals surface area contributed by atoms with Crippen LogP contribution in [0.25, 0.3) is 0 Å². The zero-order valence-electron chi connectivity index (χ0n) is 12.9. The monoisotopic (exact) mass is 301 g/mol. The van der Waals surface area contributed by atoms with Crippen molar-refractivity contribution in [3.8, 4) is 5.75 Å². The molecule has 0 aliphatic rings. The zero-order chi connectivity index (χ0) is 14.1. The standard InChI is InChI=1S/C16H27NO2.ClH/c1-4-9-19-16-7-6-14(8-10-18-5-2)12-15(16)11-13(3)17;/h6-7,12-13H,4-5,8-11,17H2,1-3H3;1H. The first kappa shape index (κ1) is 19.2. The van der Waals surface area contributed by atoms with Crippen LogP contribution in [0.15, 0.2) is 18.2 Å². The smallest absolute Gasteiger partial charge is 0.122 e. The summed E-state index contributed by atoms with van der Waals surface area (Å²) in [6.07, 6.45) is 2.80. The summed E-state index contributed by atoms with van der Waals surface area (Å²) in [6, 6.07) is 6.53.